The molecule has 1 aliphatic heterocycles. The molecule has 2 aromatic heterocycles. The topological polar surface area (TPSA) is 105 Å². The van der Waals surface area contributed by atoms with Gasteiger partial charge in [0.15, 0.2) is 0 Å². The van der Waals surface area contributed by atoms with Gasteiger partial charge in [-0.2, -0.15) is 18.4 Å². The van der Waals surface area contributed by atoms with Crippen LogP contribution in [-0.4, -0.2) is 54.2 Å². The van der Waals surface area contributed by atoms with Gasteiger partial charge >= 0.3 is 12.3 Å². The zero-order chi connectivity index (χ0) is 23.5. The number of hydrogen-bond donors (Lipinski definition) is 1. The Bertz CT molecular complexity index is 1040. The average Bonchev–Trinajstić information content (AvgIpc) is 3.16. The van der Waals surface area contributed by atoms with Crippen LogP contribution in [0.1, 0.15) is 42.1 Å². The molecule has 2 aromatic rings. The van der Waals surface area contributed by atoms with E-state index in [0.717, 1.165) is 17.4 Å². The van der Waals surface area contributed by atoms with Gasteiger partial charge in [0.05, 0.1) is 33.8 Å². The Morgan fingerprint density at radius 1 is 1.41 bits per heavy atom. The van der Waals surface area contributed by atoms with Gasteiger partial charge in [0.25, 0.3) is 5.91 Å². The second kappa shape index (κ2) is 9.60. The van der Waals surface area contributed by atoms with Crippen molar-refractivity contribution < 1.29 is 32.2 Å². The normalized spacial score (nSPS) is 15.8. The number of carbonyl (C=O) groups excluding carboxylic acids is 2. The van der Waals surface area contributed by atoms with Crippen LogP contribution in [0.2, 0.25) is 0 Å². The first kappa shape index (κ1) is 23.6. The van der Waals surface area contributed by atoms with Gasteiger partial charge in [0.1, 0.15) is 12.2 Å². The number of fused-ring (bicyclic) bond motifs is 1. The molecule has 1 saturated heterocycles. The number of rotatable bonds is 5. The van der Waals surface area contributed by atoms with Crippen molar-refractivity contribution in [3.8, 4) is 11.9 Å². The number of likely N-dealkylation sites (tertiary alicyclic amines) is 1. The second-order valence-electron chi connectivity index (χ2n) is 7.27. The van der Waals surface area contributed by atoms with E-state index in [1.165, 1.54) is 17.3 Å². The number of amides is 2. The second-order valence-corrected chi connectivity index (χ2v) is 8.15. The van der Waals surface area contributed by atoms with Gasteiger partial charge < -0.3 is 19.7 Å². The van der Waals surface area contributed by atoms with Gasteiger partial charge in [0, 0.05) is 44.4 Å². The molecule has 172 valence electrons. The highest BCUT2D eigenvalue weighted by Gasteiger charge is 2.36. The van der Waals surface area contributed by atoms with E-state index in [1.54, 1.807) is 6.92 Å². The van der Waals surface area contributed by atoms with Gasteiger partial charge in [-0.25, -0.2) is 9.78 Å². The Kier molecular flexibility index (Phi) is 7.08. The van der Waals surface area contributed by atoms with Crippen LogP contribution in [0.3, 0.4) is 0 Å². The standard InChI is InChI=1S/C20H21F3N4O4S/c1-11(3-6-24)30-19(29)27-7-4-12(5-8-27)31-15-9-14(20(21,22)23)17-16(26-15)13(10-32-17)18(28)25-2/h9-12H,3-5,7-8H2,1-2H3,(H,25,28)/t11-/m0/s1. The first-order chi connectivity index (χ1) is 15.1. The summed E-state index contributed by atoms with van der Waals surface area (Å²) in [4.78, 5) is 29.8. The number of thiophene rings is 1. The van der Waals surface area contributed by atoms with Crippen molar-refractivity contribution >= 4 is 33.6 Å². The largest absolute Gasteiger partial charge is 0.474 e. The molecule has 3 rings (SSSR count). The van der Waals surface area contributed by atoms with Crippen LogP contribution in [0.25, 0.3) is 10.2 Å². The highest BCUT2D eigenvalue weighted by Crippen LogP contribution is 2.40. The number of nitrogens with one attached hydrogen (secondary N) is 1. The summed E-state index contributed by atoms with van der Waals surface area (Å²) in [5, 5.41) is 12.4. The number of pyridine rings is 1. The number of alkyl halides is 3. The molecule has 1 aliphatic rings. The fourth-order valence-electron chi connectivity index (χ4n) is 3.30. The zero-order valence-corrected chi connectivity index (χ0v) is 18.2. The van der Waals surface area contributed by atoms with Crippen LogP contribution in [0.4, 0.5) is 18.0 Å². The Morgan fingerprint density at radius 2 is 2.09 bits per heavy atom. The van der Waals surface area contributed by atoms with Crippen molar-refractivity contribution in [2.45, 2.75) is 44.6 Å². The van der Waals surface area contributed by atoms with E-state index in [4.69, 9.17) is 14.7 Å². The highest BCUT2D eigenvalue weighted by atomic mass is 32.1. The summed E-state index contributed by atoms with van der Waals surface area (Å²) in [6, 6.07) is 2.77. The third-order valence-corrected chi connectivity index (χ3v) is 5.95. The number of nitriles is 1. The molecule has 0 aliphatic carbocycles. The Labute approximate surface area is 185 Å². The molecule has 2 amide bonds. The maximum atomic E-state index is 13.6. The molecule has 0 radical (unpaired) electrons. The zero-order valence-electron chi connectivity index (χ0n) is 17.4. The van der Waals surface area contributed by atoms with E-state index in [9.17, 15) is 22.8 Å². The van der Waals surface area contributed by atoms with Crippen LogP contribution in [0.15, 0.2) is 11.4 Å². The fraction of sp³-hybridized carbons (Fsp3) is 0.500. The predicted octanol–water partition coefficient (Wildman–Crippen LogP) is 3.96. The van der Waals surface area contributed by atoms with E-state index in [0.29, 0.717) is 25.9 Å². The smallest absolute Gasteiger partial charge is 0.418 e. The van der Waals surface area contributed by atoms with E-state index >= 15 is 0 Å². The molecule has 0 unspecified atom stereocenters. The van der Waals surface area contributed by atoms with Crippen LogP contribution < -0.4 is 10.1 Å². The number of ether oxygens (including phenoxy) is 2. The number of carbonyl (C=O) groups is 2. The van der Waals surface area contributed by atoms with Crippen molar-refractivity contribution in [3.63, 3.8) is 0 Å². The minimum Gasteiger partial charge on any atom is -0.474 e. The molecule has 1 fully saturated rings. The van der Waals surface area contributed by atoms with Gasteiger partial charge in [0.2, 0.25) is 5.88 Å². The summed E-state index contributed by atoms with van der Waals surface area (Å²) in [5.74, 6) is -0.761. The van der Waals surface area contributed by atoms with Crippen LogP contribution in [-0.2, 0) is 10.9 Å². The quantitative estimate of drug-likeness (QED) is 0.710. The van der Waals surface area contributed by atoms with Crippen LogP contribution in [0, 0.1) is 11.3 Å². The molecule has 0 spiro atoms. The fourth-order valence-corrected chi connectivity index (χ4v) is 4.32. The first-order valence-corrected chi connectivity index (χ1v) is 10.7. The summed E-state index contributed by atoms with van der Waals surface area (Å²) >= 11 is 0.801. The molecular formula is C20H21F3N4O4S. The monoisotopic (exact) mass is 470 g/mol. The molecule has 32 heavy (non-hydrogen) atoms. The van der Waals surface area contributed by atoms with Crippen LogP contribution in [0.5, 0.6) is 5.88 Å². The van der Waals surface area contributed by atoms with Gasteiger partial charge in [-0.3, -0.25) is 4.79 Å². The Balaban J connectivity index is 1.75. The molecule has 1 N–H and O–H groups in total. The molecule has 0 saturated carbocycles. The average molecular weight is 470 g/mol. The minimum atomic E-state index is -4.64. The predicted molar refractivity (Wildman–Crippen MR) is 109 cm³/mol. The van der Waals surface area contributed by atoms with E-state index in [2.05, 4.69) is 10.3 Å². The molecule has 3 heterocycles. The van der Waals surface area contributed by atoms with E-state index in [1.807, 2.05) is 6.07 Å². The highest BCUT2D eigenvalue weighted by molar-refractivity contribution is 7.17. The lowest BCUT2D eigenvalue weighted by Gasteiger charge is -2.32. The third kappa shape index (κ3) is 5.21. The minimum absolute atomic E-state index is 0.0486. The summed E-state index contributed by atoms with van der Waals surface area (Å²) in [5.41, 5.74) is -0.927. The van der Waals surface area contributed by atoms with Crippen molar-refractivity contribution in [3.05, 3.63) is 22.6 Å². The number of piperidine rings is 1. The Hall–Kier alpha value is -3.07. The molecule has 1 atom stereocenters. The van der Waals surface area contributed by atoms with E-state index in [-0.39, 0.29) is 28.1 Å². The maximum Gasteiger partial charge on any atom is 0.418 e. The molecule has 12 heteroatoms. The first-order valence-electron chi connectivity index (χ1n) is 9.84. The van der Waals surface area contributed by atoms with Gasteiger partial charge in [-0.15, -0.1) is 11.3 Å². The van der Waals surface area contributed by atoms with Gasteiger partial charge in [-0.05, 0) is 6.92 Å². The van der Waals surface area contributed by atoms with Crippen molar-refractivity contribution in [1.29, 1.82) is 5.26 Å². The number of halogens is 3. The lowest BCUT2D eigenvalue weighted by atomic mass is 10.1. The molecule has 8 nitrogen and oxygen atoms in total. The maximum absolute atomic E-state index is 13.6. The molecule has 0 aromatic carbocycles. The lowest BCUT2D eigenvalue weighted by molar-refractivity contribution is -0.136. The molecule has 0 bridgehead atoms. The summed E-state index contributed by atoms with van der Waals surface area (Å²) in [6.07, 6.45) is -5.34. The number of hydrogen-bond acceptors (Lipinski definition) is 7. The van der Waals surface area contributed by atoms with Crippen molar-refractivity contribution in [1.82, 2.24) is 15.2 Å². The van der Waals surface area contributed by atoms with Crippen molar-refractivity contribution in [2.75, 3.05) is 20.1 Å². The Morgan fingerprint density at radius 3 is 2.69 bits per heavy atom. The van der Waals surface area contributed by atoms with E-state index < -0.39 is 35.9 Å². The summed E-state index contributed by atoms with van der Waals surface area (Å²) in [7, 11) is 1.39. The van der Waals surface area contributed by atoms with Gasteiger partial charge in [-0.1, -0.05) is 0 Å². The van der Waals surface area contributed by atoms with Crippen LogP contribution >= 0.6 is 11.3 Å². The lowest BCUT2D eigenvalue weighted by Crippen LogP contribution is -2.43. The SMILES string of the molecule is CNC(=O)c1csc2c(C(F)(F)F)cc(OC3CCN(C(=O)O[C@@H](C)CC#N)CC3)nc12. The van der Waals surface area contributed by atoms with Crippen molar-refractivity contribution in [2.24, 2.45) is 0 Å². The number of aromatic nitrogens is 1. The summed E-state index contributed by atoms with van der Waals surface area (Å²) in [6.45, 7) is 2.20. The summed E-state index contributed by atoms with van der Waals surface area (Å²) < 4.78 is 51.6. The third-order valence-electron chi connectivity index (χ3n) is 4.94. The number of nitrogens with zero attached hydrogens (tertiary/aromatic N) is 3. The molecular weight excluding hydrogens is 449 g/mol.